The third-order valence-corrected chi connectivity index (χ3v) is 4.87. The molecule has 0 fully saturated rings. The van der Waals surface area contributed by atoms with Crippen LogP contribution in [0.15, 0.2) is 48.5 Å². The van der Waals surface area contributed by atoms with Crippen LogP contribution in [0.2, 0.25) is 0 Å². The standard InChI is InChI=1S/C21H20N2O2/c1-23(13-14-6-3-2-4-7-14)20-16-8-5-9-18(16)22-19-11-10-15(21(24)25)12-17(19)20/h2-4,6-7,10-12H,5,8-9,13H2,1H3,(H,24,25). The average molecular weight is 332 g/mol. The lowest BCUT2D eigenvalue weighted by Gasteiger charge is -2.24. The van der Waals surface area contributed by atoms with Crippen molar-refractivity contribution in [1.82, 2.24) is 4.98 Å². The van der Waals surface area contributed by atoms with Crippen LogP contribution in [-0.4, -0.2) is 23.1 Å². The highest BCUT2D eigenvalue weighted by Gasteiger charge is 2.22. The van der Waals surface area contributed by atoms with Crippen LogP contribution in [0.3, 0.4) is 0 Å². The van der Waals surface area contributed by atoms with Crippen LogP contribution in [0.25, 0.3) is 10.9 Å². The number of hydrogen-bond donors (Lipinski definition) is 1. The molecular weight excluding hydrogens is 312 g/mol. The van der Waals surface area contributed by atoms with E-state index in [1.807, 2.05) is 24.3 Å². The molecule has 1 aromatic heterocycles. The molecule has 0 spiro atoms. The Bertz CT molecular complexity index is 951. The van der Waals surface area contributed by atoms with E-state index >= 15 is 0 Å². The first-order chi connectivity index (χ1) is 12.1. The van der Waals surface area contributed by atoms with Gasteiger partial charge in [-0.1, -0.05) is 30.3 Å². The summed E-state index contributed by atoms with van der Waals surface area (Å²) < 4.78 is 0. The van der Waals surface area contributed by atoms with Crippen molar-refractivity contribution in [2.45, 2.75) is 25.8 Å². The molecule has 1 N–H and O–H groups in total. The van der Waals surface area contributed by atoms with Gasteiger partial charge in [0.15, 0.2) is 0 Å². The van der Waals surface area contributed by atoms with Crippen LogP contribution in [-0.2, 0) is 19.4 Å². The predicted octanol–water partition coefficient (Wildman–Crippen LogP) is 4.06. The zero-order valence-electron chi connectivity index (χ0n) is 14.2. The summed E-state index contributed by atoms with van der Waals surface area (Å²) in [6.45, 7) is 0.781. The van der Waals surface area contributed by atoms with Gasteiger partial charge < -0.3 is 10.0 Å². The van der Waals surface area contributed by atoms with Gasteiger partial charge in [-0.05, 0) is 48.6 Å². The number of anilines is 1. The highest BCUT2D eigenvalue weighted by Crippen LogP contribution is 2.37. The van der Waals surface area contributed by atoms with Crippen molar-refractivity contribution in [3.8, 4) is 0 Å². The van der Waals surface area contributed by atoms with E-state index in [2.05, 4.69) is 24.1 Å². The second-order valence-corrected chi connectivity index (χ2v) is 6.62. The van der Waals surface area contributed by atoms with Crippen LogP contribution in [0.5, 0.6) is 0 Å². The molecule has 0 aliphatic heterocycles. The van der Waals surface area contributed by atoms with Gasteiger partial charge >= 0.3 is 5.97 Å². The lowest BCUT2D eigenvalue weighted by Crippen LogP contribution is -2.19. The number of aromatic carboxylic acids is 1. The largest absolute Gasteiger partial charge is 0.478 e. The molecule has 4 rings (SSSR count). The number of nitrogens with zero attached hydrogens (tertiary/aromatic N) is 2. The van der Waals surface area contributed by atoms with E-state index in [-0.39, 0.29) is 0 Å². The number of carboxylic acid groups (broad SMARTS) is 1. The Morgan fingerprint density at radius 3 is 2.72 bits per heavy atom. The van der Waals surface area contributed by atoms with E-state index in [0.29, 0.717) is 5.56 Å². The van der Waals surface area contributed by atoms with Crippen molar-refractivity contribution in [2.24, 2.45) is 0 Å². The molecule has 0 amide bonds. The Labute approximate surface area is 146 Å². The van der Waals surface area contributed by atoms with Crippen LogP contribution >= 0.6 is 0 Å². The first kappa shape index (κ1) is 15.6. The maximum Gasteiger partial charge on any atom is 0.335 e. The van der Waals surface area contributed by atoms with E-state index in [1.165, 1.54) is 11.1 Å². The normalized spacial score (nSPS) is 13.0. The third-order valence-electron chi connectivity index (χ3n) is 4.87. The molecule has 0 unspecified atom stereocenters. The minimum atomic E-state index is -0.904. The zero-order chi connectivity index (χ0) is 17.4. The maximum absolute atomic E-state index is 11.4. The third kappa shape index (κ3) is 2.84. The summed E-state index contributed by atoms with van der Waals surface area (Å²) >= 11 is 0. The molecule has 0 atom stereocenters. The summed E-state index contributed by atoms with van der Waals surface area (Å²) in [5, 5.41) is 10.3. The lowest BCUT2D eigenvalue weighted by atomic mass is 10.0. The lowest BCUT2D eigenvalue weighted by molar-refractivity contribution is 0.0697. The number of hydrogen-bond acceptors (Lipinski definition) is 3. The highest BCUT2D eigenvalue weighted by molar-refractivity contribution is 5.99. The minimum Gasteiger partial charge on any atom is -0.478 e. The van der Waals surface area contributed by atoms with Gasteiger partial charge in [-0.25, -0.2) is 4.79 Å². The molecular formula is C21H20N2O2. The van der Waals surface area contributed by atoms with Crippen molar-refractivity contribution < 1.29 is 9.90 Å². The summed E-state index contributed by atoms with van der Waals surface area (Å²) in [5.74, 6) is -0.904. The van der Waals surface area contributed by atoms with Crippen molar-refractivity contribution in [3.05, 3.63) is 70.9 Å². The molecule has 1 aliphatic carbocycles. The molecule has 0 bridgehead atoms. The monoisotopic (exact) mass is 332 g/mol. The van der Waals surface area contributed by atoms with Crippen molar-refractivity contribution in [3.63, 3.8) is 0 Å². The van der Waals surface area contributed by atoms with Gasteiger partial charge in [-0.2, -0.15) is 0 Å². The van der Waals surface area contributed by atoms with E-state index in [0.717, 1.165) is 48.1 Å². The molecule has 0 saturated carbocycles. The van der Waals surface area contributed by atoms with E-state index in [9.17, 15) is 9.90 Å². The van der Waals surface area contributed by atoms with Crippen LogP contribution in [0.4, 0.5) is 5.69 Å². The van der Waals surface area contributed by atoms with Gasteiger partial charge in [-0.15, -0.1) is 0 Å². The summed E-state index contributed by atoms with van der Waals surface area (Å²) in [6.07, 6.45) is 3.11. The molecule has 3 aromatic rings. The Hall–Kier alpha value is -2.88. The van der Waals surface area contributed by atoms with Gasteiger partial charge in [0.05, 0.1) is 16.8 Å². The molecule has 4 nitrogen and oxygen atoms in total. The molecule has 1 aliphatic rings. The maximum atomic E-state index is 11.4. The van der Waals surface area contributed by atoms with Gasteiger partial charge in [0, 0.05) is 24.7 Å². The van der Waals surface area contributed by atoms with E-state index in [4.69, 9.17) is 4.98 Å². The van der Waals surface area contributed by atoms with Gasteiger partial charge in [0.1, 0.15) is 0 Å². The Balaban J connectivity index is 1.87. The van der Waals surface area contributed by atoms with Gasteiger partial charge in [0.25, 0.3) is 0 Å². The SMILES string of the molecule is CN(Cc1ccccc1)c1c2c(nc3ccc(C(=O)O)cc13)CCC2. The second kappa shape index (κ2) is 6.20. The summed E-state index contributed by atoms with van der Waals surface area (Å²) in [5.41, 5.74) is 5.97. The Morgan fingerprint density at radius 2 is 1.96 bits per heavy atom. The molecule has 2 aromatic carbocycles. The fraction of sp³-hybridized carbons (Fsp3) is 0.238. The van der Waals surface area contributed by atoms with Gasteiger partial charge in [-0.3, -0.25) is 4.98 Å². The summed E-state index contributed by atoms with van der Waals surface area (Å²) in [6, 6.07) is 15.6. The molecule has 0 saturated heterocycles. The molecule has 126 valence electrons. The highest BCUT2D eigenvalue weighted by atomic mass is 16.4. The number of benzene rings is 2. The number of aromatic nitrogens is 1. The van der Waals surface area contributed by atoms with Crippen molar-refractivity contribution >= 4 is 22.6 Å². The fourth-order valence-corrected chi connectivity index (χ4v) is 3.74. The smallest absolute Gasteiger partial charge is 0.335 e. The predicted molar refractivity (Wildman–Crippen MR) is 99.3 cm³/mol. The van der Waals surface area contributed by atoms with Crippen LogP contribution < -0.4 is 4.90 Å². The summed E-state index contributed by atoms with van der Waals surface area (Å²) in [4.78, 5) is 18.4. The molecule has 1 heterocycles. The number of fused-ring (bicyclic) bond motifs is 2. The van der Waals surface area contributed by atoms with E-state index in [1.54, 1.807) is 12.1 Å². The second-order valence-electron chi connectivity index (χ2n) is 6.62. The zero-order valence-corrected chi connectivity index (χ0v) is 14.2. The molecule has 0 radical (unpaired) electrons. The quantitative estimate of drug-likeness (QED) is 0.783. The first-order valence-corrected chi connectivity index (χ1v) is 8.57. The van der Waals surface area contributed by atoms with Crippen molar-refractivity contribution in [1.29, 1.82) is 0 Å². The minimum absolute atomic E-state index is 0.307. The van der Waals surface area contributed by atoms with Crippen LogP contribution in [0, 0.1) is 0 Å². The van der Waals surface area contributed by atoms with Crippen molar-refractivity contribution in [2.75, 3.05) is 11.9 Å². The topological polar surface area (TPSA) is 53.4 Å². The van der Waals surface area contributed by atoms with E-state index < -0.39 is 5.97 Å². The van der Waals surface area contributed by atoms with Gasteiger partial charge in [0.2, 0.25) is 0 Å². The number of pyridine rings is 1. The molecule has 4 heteroatoms. The number of rotatable bonds is 4. The Kier molecular flexibility index (Phi) is 3.88. The average Bonchev–Trinajstić information content (AvgIpc) is 3.07. The Morgan fingerprint density at radius 1 is 1.16 bits per heavy atom. The number of carbonyl (C=O) groups is 1. The number of carboxylic acids is 1. The molecule has 25 heavy (non-hydrogen) atoms. The summed E-state index contributed by atoms with van der Waals surface area (Å²) in [7, 11) is 2.08. The first-order valence-electron chi connectivity index (χ1n) is 8.57. The van der Waals surface area contributed by atoms with Crippen LogP contribution in [0.1, 0.15) is 33.6 Å². The number of aryl methyl sites for hydroxylation is 1. The fourth-order valence-electron chi connectivity index (χ4n) is 3.74.